The predicted molar refractivity (Wildman–Crippen MR) is 76.6 cm³/mol. The summed E-state index contributed by atoms with van der Waals surface area (Å²) in [4.78, 5) is 14.6. The minimum absolute atomic E-state index is 0.205. The lowest BCUT2D eigenvalue weighted by atomic mass is 10.1. The highest BCUT2D eigenvalue weighted by Gasteiger charge is 2.27. The number of rotatable bonds is 4. The standard InChI is InChI=1S/C16H23NO2/c1-4-15-11-19-13(3)9-17(15)10-16(18)14-7-5-6-12(2)8-14/h5-8,13,15H,4,9-11H2,1-3H3. The summed E-state index contributed by atoms with van der Waals surface area (Å²) in [6.07, 6.45) is 1.24. The van der Waals surface area contributed by atoms with Crippen molar-refractivity contribution < 1.29 is 9.53 Å². The fourth-order valence-electron chi connectivity index (χ4n) is 2.58. The smallest absolute Gasteiger partial charge is 0.176 e. The van der Waals surface area contributed by atoms with Crippen molar-refractivity contribution in [3.8, 4) is 0 Å². The Labute approximate surface area is 115 Å². The summed E-state index contributed by atoms with van der Waals surface area (Å²) in [6.45, 7) is 8.30. The molecule has 1 fully saturated rings. The lowest BCUT2D eigenvalue weighted by Gasteiger charge is -2.37. The summed E-state index contributed by atoms with van der Waals surface area (Å²) in [5.41, 5.74) is 1.95. The number of morpholine rings is 1. The number of hydrogen-bond acceptors (Lipinski definition) is 3. The van der Waals surface area contributed by atoms with Crippen molar-refractivity contribution in [2.24, 2.45) is 0 Å². The number of Topliss-reactive ketones (excluding diaryl/α,β-unsaturated/α-hetero) is 1. The number of ether oxygens (including phenoxy) is 1. The zero-order chi connectivity index (χ0) is 13.8. The topological polar surface area (TPSA) is 29.5 Å². The number of aryl methyl sites for hydroxylation is 1. The summed E-state index contributed by atoms with van der Waals surface area (Å²) < 4.78 is 5.66. The predicted octanol–water partition coefficient (Wildman–Crippen LogP) is 2.68. The van der Waals surface area contributed by atoms with Crippen LogP contribution in [0.4, 0.5) is 0 Å². The van der Waals surface area contributed by atoms with Gasteiger partial charge in [-0.3, -0.25) is 9.69 Å². The van der Waals surface area contributed by atoms with E-state index < -0.39 is 0 Å². The van der Waals surface area contributed by atoms with E-state index in [4.69, 9.17) is 4.74 Å². The van der Waals surface area contributed by atoms with E-state index in [1.165, 1.54) is 0 Å². The number of carbonyl (C=O) groups is 1. The molecule has 0 spiro atoms. The van der Waals surface area contributed by atoms with Crippen LogP contribution in [0.1, 0.15) is 36.2 Å². The van der Waals surface area contributed by atoms with Crippen molar-refractivity contribution in [3.05, 3.63) is 35.4 Å². The lowest BCUT2D eigenvalue weighted by molar-refractivity contribution is -0.0523. The van der Waals surface area contributed by atoms with Gasteiger partial charge in [0.15, 0.2) is 5.78 Å². The summed E-state index contributed by atoms with van der Waals surface area (Å²) in [5, 5.41) is 0. The van der Waals surface area contributed by atoms with E-state index in [-0.39, 0.29) is 11.9 Å². The van der Waals surface area contributed by atoms with Crippen LogP contribution in [0.3, 0.4) is 0 Å². The molecule has 104 valence electrons. The Morgan fingerprint density at radius 2 is 2.26 bits per heavy atom. The maximum Gasteiger partial charge on any atom is 0.176 e. The molecule has 1 aliphatic rings. The average molecular weight is 261 g/mol. The third-order valence-electron chi connectivity index (χ3n) is 3.74. The van der Waals surface area contributed by atoms with E-state index in [1.807, 2.05) is 31.2 Å². The van der Waals surface area contributed by atoms with Gasteiger partial charge in [0.25, 0.3) is 0 Å². The highest BCUT2D eigenvalue weighted by Crippen LogP contribution is 2.15. The van der Waals surface area contributed by atoms with Crippen LogP contribution in [0, 0.1) is 6.92 Å². The van der Waals surface area contributed by atoms with Crippen molar-refractivity contribution in [3.63, 3.8) is 0 Å². The quantitative estimate of drug-likeness (QED) is 0.780. The minimum Gasteiger partial charge on any atom is -0.376 e. The molecule has 1 aliphatic heterocycles. The zero-order valence-corrected chi connectivity index (χ0v) is 12.1. The van der Waals surface area contributed by atoms with Crippen LogP contribution in [-0.2, 0) is 4.74 Å². The van der Waals surface area contributed by atoms with Gasteiger partial charge in [0, 0.05) is 18.2 Å². The van der Waals surface area contributed by atoms with Gasteiger partial charge in [0.1, 0.15) is 0 Å². The first-order valence-electron chi connectivity index (χ1n) is 7.05. The van der Waals surface area contributed by atoms with Gasteiger partial charge in [-0.25, -0.2) is 0 Å². The first kappa shape index (κ1) is 14.2. The molecule has 0 amide bonds. The number of nitrogens with zero attached hydrogens (tertiary/aromatic N) is 1. The Balaban J connectivity index is 2.04. The molecular weight excluding hydrogens is 238 g/mol. The molecule has 0 aliphatic carbocycles. The fraction of sp³-hybridized carbons (Fsp3) is 0.562. The fourth-order valence-corrected chi connectivity index (χ4v) is 2.58. The van der Waals surface area contributed by atoms with Crippen LogP contribution >= 0.6 is 0 Å². The number of hydrogen-bond donors (Lipinski definition) is 0. The minimum atomic E-state index is 0.205. The molecule has 19 heavy (non-hydrogen) atoms. The van der Waals surface area contributed by atoms with E-state index in [1.54, 1.807) is 0 Å². The third kappa shape index (κ3) is 3.64. The maximum absolute atomic E-state index is 12.4. The van der Waals surface area contributed by atoms with Crippen molar-refractivity contribution in [2.45, 2.75) is 39.3 Å². The van der Waals surface area contributed by atoms with Gasteiger partial charge in [0.05, 0.1) is 19.3 Å². The second-order valence-electron chi connectivity index (χ2n) is 5.43. The van der Waals surface area contributed by atoms with Gasteiger partial charge in [-0.1, -0.05) is 30.7 Å². The molecule has 0 bridgehead atoms. The molecule has 1 aromatic carbocycles. The summed E-state index contributed by atoms with van der Waals surface area (Å²) in [7, 11) is 0. The van der Waals surface area contributed by atoms with Gasteiger partial charge >= 0.3 is 0 Å². The molecule has 1 saturated heterocycles. The van der Waals surface area contributed by atoms with Gasteiger partial charge < -0.3 is 4.74 Å². The normalized spacial score (nSPS) is 24.4. The Hall–Kier alpha value is -1.19. The van der Waals surface area contributed by atoms with Crippen LogP contribution in [0.25, 0.3) is 0 Å². The van der Waals surface area contributed by atoms with Crippen LogP contribution in [0.15, 0.2) is 24.3 Å². The summed E-state index contributed by atoms with van der Waals surface area (Å²) >= 11 is 0. The largest absolute Gasteiger partial charge is 0.376 e. The molecular formula is C16H23NO2. The van der Waals surface area contributed by atoms with Gasteiger partial charge in [-0.05, 0) is 26.3 Å². The molecule has 0 saturated carbocycles. The Bertz CT molecular complexity index is 444. The Morgan fingerprint density at radius 1 is 1.47 bits per heavy atom. The first-order valence-corrected chi connectivity index (χ1v) is 7.05. The van der Waals surface area contributed by atoms with Crippen molar-refractivity contribution >= 4 is 5.78 Å². The summed E-state index contributed by atoms with van der Waals surface area (Å²) in [5.74, 6) is 0.205. The highest BCUT2D eigenvalue weighted by molar-refractivity contribution is 5.97. The van der Waals surface area contributed by atoms with Crippen molar-refractivity contribution in [1.82, 2.24) is 4.90 Å². The van der Waals surface area contributed by atoms with E-state index in [0.717, 1.165) is 30.7 Å². The molecule has 0 radical (unpaired) electrons. The van der Waals surface area contributed by atoms with E-state index in [2.05, 4.69) is 18.7 Å². The van der Waals surface area contributed by atoms with E-state index >= 15 is 0 Å². The SMILES string of the molecule is CCC1COC(C)CN1CC(=O)c1cccc(C)c1. The van der Waals surface area contributed by atoms with Crippen LogP contribution in [0.5, 0.6) is 0 Å². The number of ketones is 1. The van der Waals surface area contributed by atoms with E-state index in [9.17, 15) is 4.79 Å². The Kier molecular flexibility index (Phi) is 4.72. The van der Waals surface area contributed by atoms with Gasteiger partial charge in [-0.2, -0.15) is 0 Å². The summed E-state index contributed by atoms with van der Waals surface area (Å²) in [6, 6.07) is 8.20. The monoisotopic (exact) mass is 261 g/mol. The number of benzene rings is 1. The zero-order valence-electron chi connectivity index (χ0n) is 12.1. The third-order valence-corrected chi connectivity index (χ3v) is 3.74. The van der Waals surface area contributed by atoms with E-state index in [0.29, 0.717) is 12.6 Å². The first-order chi connectivity index (χ1) is 9.10. The molecule has 3 nitrogen and oxygen atoms in total. The average Bonchev–Trinajstić information content (AvgIpc) is 2.39. The molecule has 2 unspecified atom stereocenters. The lowest BCUT2D eigenvalue weighted by Crippen LogP contribution is -2.50. The molecule has 1 aromatic rings. The van der Waals surface area contributed by atoms with Crippen molar-refractivity contribution in [1.29, 1.82) is 0 Å². The van der Waals surface area contributed by atoms with Gasteiger partial charge in [-0.15, -0.1) is 0 Å². The molecule has 0 aromatic heterocycles. The van der Waals surface area contributed by atoms with Crippen LogP contribution < -0.4 is 0 Å². The van der Waals surface area contributed by atoms with Crippen LogP contribution in [-0.4, -0.2) is 42.5 Å². The van der Waals surface area contributed by atoms with Gasteiger partial charge in [0.2, 0.25) is 0 Å². The second kappa shape index (κ2) is 6.31. The molecule has 2 rings (SSSR count). The molecule has 3 heteroatoms. The maximum atomic E-state index is 12.4. The van der Waals surface area contributed by atoms with Crippen molar-refractivity contribution in [2.75, 3.05) is 19.7 Å². The number of carbonyl (C=O) groups excluding carboxylic acids is 1. The molecule has 2 atom stereocenters. The molecule has 1 heterocycles. The second-order valence-corrected chi connectivity index (χ2v) is 5.43. The highest BCUT2D eigenvalue weighted by atomic mass is 16.5. The Morgan fingerprint density at radius 3 is 2.95 bits per heavy atom. The molecule has 0 N–H and O–H groups in total. The van der Waals surface area contributed by atoms with Crippen LogP contribution in [0.2, 0.25) is 0 Å².